The molecule has 1 aromatic heterocycles. The normalized spacial score (nSPS) is 20.6. The molecule has 0 saturated carbocycles. The second kappa shape index (κ2) is 4.37. The van der Waals surface area contributed by atoms with Crippen LogP contribution in [-0.2, 0) is 13.0 Å². The summed E-state index contributed by atoms with van der Waals surface area (Å²) in [4.78, 5) is 11.3. The fourth-order valence-corrected chi connectivity index (χ4v) is 2.64. The Kier molecular flexibility index (Phi) is 2.74. The highest BCUT2D eigenvalue weighted by atomic mass is 15.2. The van der Waals surface area contributed by atoms with Crippen LogP contribution < -0.4 is 10.2 Å². The number of anilines is 1. The first-order chi connectivity index (χ1) is 7.95. The molecule has 1 N–H and O–H groups in total. The van der Waals surface area contributed by atoms with E-state index in [2.05, 4.69) is 20.2 Å². The second-order valence-electron chi connectivity index (χ2n) is 4.60. The van der Waals surface area contributed by atoms with E-state index in [1.807, 2.05) is 0 Å². The predicted molar refractivity (Wildman–Crippen MR) is 63.5 cm³/mol. The van der Waals surface area contributed by atoms with E-state index in [-0.39, 0.29) is 0 Å². The standard InChI is InChI=1S/C12H18N4/c1-2-6-16(7-3-1)12-10-4-5-13-8-11(10)14-9-15-12/h9,13H,1-8H2. The molecule has 4 heteroatoms. The van der Waals surface area contributed by atoms with Crippen LogP contribution in [0.25, 0.3) is 0 Å². The van der Waals surface area contributed by atoms with Gasteiger partial charge >= 0.3 is 0 Å². The smallest absolute Gasteiger partial charge is 0.135 e. The summed E-state index contributed by atoms with van der Waals surface area (Å²) in [5.41, 5.74) is 2.57. The number of rotatable bonds is 1. The van der Waals surface area contributed by atoms with Crippen LogP contribution in [0.4, 0.5) is 5.82 Å². The van der Waals surface area contributed by atoms with E-state index >= 15 is 0 Å². The third-order valence-corrected chi connectivity index (χ3v) is 3.51. The Labute approximate surface area is 96.1 Å². The van der Waals surface area contributed by atoms with Crippen LogP contribution in [0.2, 0.25) is 0 Å². The van der Waals surface area contributed by atoms with Crippen LogP contribution in [0, 0.1) is 0 Å². The second-order valence-corrected chi connectivity index (χ2v) is 4.60. The van der Waals surface area contributed by atoms with Crippen molar-refractivity contribution in [1.29, 1.82) is 0 Å². The van der Waals surface area contributed by atoms with Crippen LogP contribution in [0.5, 0.6) is 0 Å². The third kappa shape index (κ3) is 1.78. The summed E-state index contributed by atoms with van der Waals surface area (Å²) < 4.78 is 0. The van der Waals surface area contributed by atoms with Crippen molar-refractivity contribution in [3.8, 4) is 0 Å². The molecule has 2 aliphatic heterocycles. The van der Waals surface area contributed by atoms with E-state index in [1.165, 1.54) is 36.3 Å². The molecule has 0 amide bonds. The molecular formula is C12H18N4. The Bertz CT molecular complexity index is 371. The molecule has 0 atom stereocenters. The van der Waals surface area contributed by atoms with Gasteiger partial charge < -0.3 is 10.2 Å². The maximum atomic E-state index is 4.50. The maximum absolute atomic E-state index is 4.50. The van der Waals surface area contributed by atoms with Gasteiger partial charge in [-0.15, -0.1) is 0 Å². The Morgan fingerprint density at radius 2 is 2.00 bits per heavy atom. The molecule has 0 bridgehead atoms. The summed E-state index contributed by atoms with van der Waals surface area (Å²) in [7, 11) is 0. The number of piperidine rings is 1. The third-order valence-electron chi connectivity index (χ3n) is 3.51. The van der Waals surface area contributed by atoms with E-state index in [9.17, 15) is 0 Å². The molecule has 0 spiro atoms. The minimum atomic E-state index is 0.901. The molecular weight excluding hydrogens is 200 g/mol. The molecule has 1 fully saturated rings. The predicted octanol–water partition coefficient (Wildman–Crippen LogP) is 1.11. The molecule has 16 heavy (non-hydrogen) atoms. The molecule has 1 aromatic rings. The number of hydrogen-bond donors (Lipinski definition) is 1. The SMILES string of the molecule is c1nc2c(c(N3CCCCC3)n1)CCNC2. The first-order valence-electron chi connectivity index (χ1n) is 6.23. The van der Waals surface area contributed by atoms with Crippen LogP contribution >= 0.6 is 0 Å². The van der Waals surface area contributed by atoms with Crippen molar-refractivity contribution >= 4 is 5.82 Å². The minimum absolute atomic E-state index is 0.901. The lowest BCUT2D eigenvalue weighted by molar-refractivity contribution is 0.562. The van der Waals surface area contributed by atoms with Crippen molar-refractivity contribution in [3.05, 3.63) is 17.6 Å². The molecule has 1 saturated heterocycles. The van der Waals surface area contributed by atoms with Gasteiger partial charge in [-0.2, -0.15) is 0 Å². The van der Waals surface area contributed by atoms with Crippen molar-refractivity contribution in [2.45, 2.75) is 32.2 Å². The average molecular weight is 218 g/mol. The molecule has 4 nitrogen and oxygen atoms in total. The highest BCUT2D eigenvalue weighted by Crippen LogP contribution is 2.25. The van der Waals surface area contributed by atoms with Crippen molar-refractivity contribution in [2.75, 3.05) is 24.5 Å². The summed E-state index contributed by atoms with van der Waals surface area (Å²) in [6, 6.07) is 0. The van der Waals surface area contributed by atoms with Crippen molar-refractivity contribution in [2.24, 2.45) is 0 Å². The van der Waals surface area contributed by atoms with Crippen molar-refractivity contribution in [1.82, 2.24) is 15.3 Å². The van der Waals surface area contributed by atoms with Gasteiger partial charge in [0.1, 0.15) is 12.1 Å². The van der Waals surface area contributed by atoms with Crippen molar-refractivity contribution < 1.29 is 0 Å². The summed E-state index contributed by atoms with van der Waals surface area (Å²) in [5, 5.41) is 3.36. The monoisotopic (exact) mass is 218 g/mol. The number of fused-ring (bicyclic) bond motifs is 1. The first kappa shape index (κ1) is 10.0. The average Bonchev–Trinajstić information content (AvgIpc) is 2.39. The van der Waals surface area contributed by atoms with Gasteiger partial charge in [0.25, 0.3) is 0 Å². The van der Waals surface area contributed by atoms with Crippen LogP contribution in [0.3, 0.4) is 0 Å². The Balaban J connectivity index is 1.93. The van der Waals surface area contributed by atoms with Gasteiger partial charge in [0.05, 0.1) is 5.69 Å². The van der Waals surface area contributed by atoms with Crippen LogP contribution in [-0.4, -0.2) is 29.6 Å². The zero-order chi connectivity index (χ0) is 10.8. The zero-order valence-corrected chi connectivity index (χ0v) is 9.58. The van der Waals surface area contributed by atoms with Crippen LogP contribution in [0.1, 0.15) is 30.5 Å². The maximum Gasteiger partial charge on any atom is 0.135 e. The number of nitrogens with one attached hydrogen (secondary N) is 1. The number of aromatic nitrogens is 2. The van der Waals surface area contributed by atoms with Crippen LogP contribution in [0.15, 0.2) is 6.33 Å². The molecule has 0 unspecified atom stereocenters. The van der Waals surface area contributed by atoms with E-state index < -0.39 is 0 Å². The van der Waals surface area contributed by atoms with E-state index in [0.29, 0.717) is 0 Å². The van der Waals surface area contributed by atoms with Gasteiger partial charge in [0, 0.05) is 25.2 Å². The van der Waals surface area contributed by atoms with Crippen molar-refractivity contribution in [3.63, 3.8) is 0 Å². The summed E-state index contributed by atoms with van der Waals surface area (Å²) >= 11 is 0. The highest BCUT2D eigenvalue weighted by molar-refractivity contribution is 5.49. The fraction of sp³-hybridized carbons (Fsp3) is 0.667. The Morgan fingerprint density at radius 1 is 1.12 bits per heavy atom. The number of nitrogens with zero attached hydrogens (tertiary/aromatic N) is 3. The Morgan fingerprint density at radius 3 is 2.88 bits per heavy atom. The van der Waals surface area contributed by atoms with Gasteiger partial charge in [0.15, 0.2) is 0 Å². The van der Waals surface area contributed by atoms with Gasteiger partial charge in [-0.3, -0.25) is 0 Å². The van der Waals surface area contributed by atoms with Gasteiger partial charge in [0.2, 0.25) is 0 Å². The molecule has 86 valence electrons. The van der Waals surface area contributed by atoms with Gasteiger partial charge in [-0.25, -0.2) is 9.97 Å². The highest BCUT2D eigenvalue weighted by Gasteiger charge is 2.20. The summed E-state index contributed by atoms with van der Waals surface area (Å²) in [5.74, 6) is 1.20. The van der Waals surface area contributed by atoms with E-state index in [4.69, 9.17) is 0 Å². The molecule has 0 radical (unpaired) electrons. The topological polar surface area (TPSA) is 41.1 Å². The molecule has 2 aliphatic rings. The quantitative estimate of drug-likeness (QED) is 0.766. The molecule has 3 heterocycles. The lowest BCUT2D eigenvalue weighted by Crippen LogP contribution is -2.34. The van der Waals surface area contributed by atoms with Gasteiger partial charge in [-0.05, 0) is 32.2 Å². The summed E-state index contributed by atoms with van der Waals surface area (Å²) in [6.45, 7) is 4.29. The minimum Gasteiger partial charge on any atom is -0.356 e. The first-order valence-corrected chi connectivity index (χ1v) is 6.23. The lowest BCUT2D eigenvalue weighted by Gasteiger charge is -2.31. The largest absolute Gasteiger partial charge is 0.356 e. The van der Waals surface area contributed by atoms with Gasteiger partial charge in [-0.1, -0.05) is 0 Å². The molecule has 0 aromatic carbocycles. The Hall–Kier alpha value is -1.16. The molecule has 0 aliphatic carbocycles. The molecule has 3 rings (SSSR count). The zero-order valence-electron chi connectivity index (χ0n) is 9.58. The summed E-state index contributed by atoms with van der Waals surface area (Å²) in [6.07, 6.45) is 6.76. The number of hydrogen-bond acceptors (Lipinski definition) is 4. The fourth-order valence-electron chi connectivity index (χ4n) is 2.64. The van der Waals surface area contributed by atoms with E-state index in [1.54, 1.807) is 6.33 Å². The van der Waals surface area contributed by atoms with E-state index in [0.717, 1.165) is 32.6 Å². The lowest BCUT2D eigenvalue weighted by atomic mass is 10.0.